The molecule has 1 fully saturated rings. The minimum Gasteiger partial charge on any atom is -0.383 e. The number of halogens is 1. The Bertz CT molecular complexity index is 265. The molecule has 1 saturated heterocycles. The molecule has 0 saturated carbocycles. The SMILES string of the molecule is COCC(C)S(=O)(=O)N1CCNCC1.Cl. The third-order valence-corrected chi connectivity index (χ3v) is 4.58. The van der Waals surface area contributed by atoms with Crippen molar-refractivity contribution < 1.29 is 13.2 Å². The fourth-order valence-corrected chi connectivity index (χ4v) is 2.98. The lowest BCUT2D eigenvalue weighted by Crippen LogP contribution is -2.49. The van der Waals surface area contributed by atoms with E-state index < -0.39 is 15.3 Å². The minimum absolute atomic E-state index is 0. The van der Waals surface area contributed by atoms with Crippen molar-refractivity contribution >= 4 is 22.4 Å². The van der Waals surface area contributed by atoms with Gasteiger partial charge in [0, 0.05) is 33.3 Å². The van der Waals surface area contributed by atoms with Gasteiger partial charge >= 0.3 is 0 Å². The Morgan fingerprint density at radius 3 is 2.40 bits per heavy atom. The molecule has 1 N–H and O–H groups in total. The van der Waals surface area contributed by atoms with Gasteiger partial charge in [0.05, 0.1) is 11.9 Å². The van der Waals surface area contributed by atoms with Crippen molar-refractivity contribution in [3.63, 3.8) is 0 Å². The van der Waals surface area contributed by atoms with Gasteiger partial charge in [0.2, 0.25) is 10.0 Å². The molecule has 1 heterocycles. The molecule has 1 unspecified atom stereocenters. The van der Waals surface area contributed by atoms with Crippen LogP contribution in [-0.2, 0) is 14.8 Å². The molecule has 0 spiro atoms. The first kappa shape index (κ1) is 15.1. The lowest BCUT2D eigenvalue weighted by molar-refractivity contribution is 0.197. The monoisotopic (exact) mass is 258 g/mol. The quantitative estimate of drug-likeness (QED) is 0.751. The van der Waals surface area contributed by atoms with E-state index in [4.69, 9.17) is 4.74 Å². The molecule has 15 heavy (non-hydrogen) atoms. The maximum absolute atomic E-state index is 11.9. The second kappa shape index (κ2) is 6.65. The van der Waals surface area contributed by atoms with E-state index in [9.17, 15) is 8.42 Å². The smallest absolute Gasteiger partial charge is 0.219 e. The highest BCUT2D eigenvalue weighted by atomic mass is 35.5. The molecule has 0 radical (unpaired) electrons. The fourth-order valence-electron chi connectivity index (χ4n) is 1.47. The summed E-state index contributed by atoms with van der Waals surface area (Å²) < 4.78 is 30.2. The lowest BCUT2D eigenvalue weighted by atomic mass is 10.4. The van der Waals surface area contributed by atoms with Crippen molar-refractivity contribution in [2.24, 2.45) is 0 Å². The van der Waals surface area contributed by atoms with Gasteiger partial charge in [-0.25, -0.2) is 8.42 Å². The first-order chi connectivity index (χ1) is 6.59. The van der Waals surface area contributed by atoms with Gasteiger partial charge in [-0.3, -0.25) is 0 Å². The maximum atomic E-state index is 11.9. The van der Waals surface area contributed by atoms with Gasteiger partial charge in [0.1, 0.15) is 0 Å². The zero-order chi connectivity index (χ0) is 10.6. The number of hydrogen-bond donors (Lipinski definition) is 1. The van der Waals surface area contributed by atoms with Crippen LogP contribution in [0.2, 0.25) is 0 Å². The van der Waals surface area contributed by atoms with Gasteiger partial charge < -0.3 is 10.1 Å². The van der Waals surface area contributed by atoms with Crippen LogP contribution in [0.1, 0.15) is 6.92 Å². The number of piperazine rings is 1. The third kappa shape index (κ3) is 3.88. The number of nitrogens with zero attached hydrogens (tertiary/aromatic N) is 1. The van der Waals surface area contributed by atoms with Crippen molar-refractivity contribution in [3.05, 3.63) is 0 Å². The number of nitrogens with one attached hydrogen (secondary N) is 1. The predicted octanol–water partition coefficient (Wildman–Crippen LogP) is -0.322. The first-order valence-corrected chi connectivity index (χ1v) is 6.28. The average molecular weight is 259 g/mol. The van der Waals surface area contributed by atoms with Crippen LogP contribution >= 0.6 is 12.4 Å². The second-order valence-corrected chi connectivity index (χ2v) is 5.81. The number of sulfonamides is 1. The van der Waals surface area contributed by atoms with Crippen LogP contribution in [0, 0.1) is 0 Å². The van der Waals surface area contributed by atoms with E-state index in [1.807, 2.05) is 0 Å². The Morgan fingerprint density at radius 2 is 1.93 bits per heavy atom. The standard InChI is InChI=1S/C8H18N2O3S.ClH/c1-8(7-13-2)14(11,12)10-5-3-9-4-6-10;/h8-9H,3-7H2,1-2H3;1H. The molecule has 0 aromatic heterocycles. The highest BCUT2D eigenvalue weighted by Crippen LogP contribution is 2.09. The summed E-state index contributed by atoms with van der Waals surface area (Å²) in [6.45, 7) is 4.54. The van der Waals surface area contributed by atoms with Gasteiger partial charge in [0.15, 0.2) is 0 Å². The largest absolute Gasteiger partial charge is 0.383 e. The van der Waals surface area contributed by atoms with Crippen LogP contribution in [-0.4, -0.2) is 57.9 Å². The summed E-state index contributed by atoms with van der Waals surface area (Å²) in [6.07, 6.45) is 0. The summed E-state index contributed by atoms with van der Waals surface area (Å²) in [5.41, 5.74) is 0. The van der Waals surface area contributed by atoms with E-state index in [2.05, 4.69) is 5.32 Å². The van der Waals surface area contributed by atoms with Crippen LogP contribution in [0.25, 0.3) is 0 Å². The van der Waals surface area contributed by atoms with Crippen LogP contribution in [0.15, 0.2) is 0 Å². The van der Waals surface area contributed by atoms with Crippen molar-refractivity contribution in [2.75, 3.05) is 39.9 Å². The molecule has 1 aliphatic rings. The van der Waals surface area contributed by atoms with Gasteiger partial charge in [-0.1, -0.05) is 0 Å². The molecule has 0 amide bonds. The second-order valence-electron chi connectivity index (χ2n) is 3.46. The van der Waals surface area contributed by atoms with Gasteiger partial charge in [-0.05, 0) is 6.92 Å². The van der Waals surface area contributed by atoms with E-state index in [-0.39, 0.29) is 19.0 Å². The van der Waals surface area contributed by atoms with E-state index in [1.54, 1.807) is 6.92 Å². The van der Waals surface area contributed by atoms with Gasteiger partial charge in [-0.2, -0.15) is 4.31 Å². The zero-order valence-corrected chi connectivity index (χ0v) is 10.7. The molecule has 7 heteroatoms. The molecular formula is C8H19ClN2O3S. The molecule has 1 atom stereocenters. The number of methoxy groups -OCH3 is 1. The molecular weight excluding hydrogens is 240 g/mol. The zero-order valence-electron chi connectivity index (χ0n) is 9.10. The third-order valence-electron chi connectivity index (χ3n) is 2.35. The summed E-state index contributed by atoms with van der Waals surface area (Å²) in [5, 5.41) is 2.67. The Hall–Kier alpha value is 0.120. The molecule has 0 aromatic carbocycles. The summed E-state index contributed by atoms with van der Waals surface area (Å²) in [4.78, 5) is 0. The molecule has 0 bridgehead atoms. The van der Waals surface area contributed by atoms with Gasteiger partial charge in [0.25, 0.3) is 0 Å². The van der Waals surface area contributed by atoms with Crippen molar-refractivity contribution in [3.8, 4) is 0 Å². The van der Waals surface area contributed by atoms with Crippen LogP contribution in [0.3, 0.4) is 0 Å². The first-order valence-electron chi connectivity index (χ1n) is 4.77. The van der Waals surface area contributed by atoms with Crippen molar-refractivity contribution in [1.29, 1.82) is 0 Å². The number of ether oxygens (including phenoxy) is 1. The lowest BCUT2D eigenvalue weighted by Gasteiger charge is -2.29. The van der Waals surface area contributed by atoms with E-state index in [1.165, 1.54) is 11.4 Å². The van der Waals surface area contributed by atoms with Crippen LogP contribution < -0.4 is 5.32 Å². The molecule has 92 valence electrons. The van der Waals surface area contributed by atoms with Crippen molar-refractivity contribution in [2.45, 2.75) is 12.2 Å². The Kier molecular flexibility index (Phi) is 6.70. The number of hydrogen-bond acceptors (Lipinski definition) is 4. The predicted molar refractivity (Wildman–Crippen MR) is 61.9 cm³/mol. The van der Waals surface area contributed by atoms with E-state index in [0.29, 0.717) is 13.1 Å². The fraction of sp³-hybridized carbons (Fsp3) is 1.00. The minimum atomic E-state index is -3.16. The topological polar surface area (TPSA) is 58.6 Å². The highest BCUT2D eigenvalue weighted by molar-refractivity contribution is 7.89. The highest BCUT2D eigenvalue weighted by Gasteiger charge is 2.29. The van der Waals surface area contributed by atoms with E-state index in [0.717, 1.165) is 13.1 Å². The maximum Gasteiger partial charge on any atom is 0.219 e. The molecule has 0 aromatic rings. The van der Waals surface area contributed by atoms with Crippen LogP contribution in [0.4, 0.5) is 0 Å². The normalized spacial score (nSPS) is 20.7. The molecule has 1 rings (SSSR count). The summed E-state index contributed by atoms with van der Waals surface area (Å²) >= 11 is 0. The van der Waals surface area contributed by atoms with E-state index >= 15 is 0 Å². The molecule has 5 nitrogen and oxygen atoms in total. The summed E-state index contributed by atoms with van der Waals surface area (Å²) in [7, 11) is -1.64. The van der Waals surface area contributed by atoms with Crippen LogP contribution in [0.5, 0.6) is 0 Å². The Labute approximate surface area is 97.6 Å². The Morgan fingerprint density at radius 1 is 1.40 bits per heavy atom. The van der Waals surface area contributed by atoms with Crippen molar-refractivity contribution in [1.82, 2.24) is 9.62 Å². The molecule has 0 aliphatic carbocycles. The average Bonchev–Trinajstić information content (AvgIpc) is 2.19. The summed E-state index contributed by atoms with van der Waals surface area (Å²) in [6, 6.07) is 0. The Balaban J connectivity index is 0.00000196. The number of rotatable bonds is 4. The van der Waals surface area contributed by atoms with Gasteiger partial charge in [-0.15, -0.1) is 12.4 Å². The summed E-state index contributed by atoms with van der Waals surface area (Å²) in [5.74, 6) is 0. The molecule has 1 aliphatic heterocycles.